The van der Waals surface area contributed by atoms with Crippen molar-refractivity contribution >= 4 is 13.9 Å². The first kappa shape index (κ1) is 20.8. The van der Waals surface area contributed by atoms with Crippen molar-refractivity contribution in [1.29, 1.82) is 0 Å². The van der Waals surface area contributed by atoms with E-state index in [0.29, 0.717) is 0 Å². The molecule has 0 N–H and O–H groups in total. The Morgan fingerprint density at radius 1 is 1.00 bits per heavy atom. The molecule has 28 heavy (non-hydrogen) atoms. The first-order valence-electron chi connectivity index (χ1n) is 9.75. The van der Waals surface area contributed by atoms with Crippen LogP contribution in [0.3, 0.4) is 0 Å². The van der Waals surface area contributed by atoms with Crippen molar-refractivity contribution in [3.05, 3.63) is 71.8 Å². The van der Waals surface area contributed by atoms with Crippen LogP contribution in [0.5, 0.6) is 5.75 Å². The normalized spacial score (nSPS) is 21.6. The number of rotatable bonds is 6. The highest BCUT2D eigenvalue weighted by Crippen LogP contribution is 2.63. The van der Waals surface area contributed by atoms with Crippen molar-refractivity contribution in [3.8, 4) is 5.75 Å². The standard InChI is InChI=1S/C24H32O3Si/c1-17(18-13-10-9-11-14-18)24(26-6)19-15-12-16-20(25-5)21(19)22(24)27-28(7,8)23(2,3)4/h9-16,22H,1H2,2-8H3/t22-,24+/m0/s1. The van der Waals surface area contributed by atoms with Crippen molar-refractivity contribution in [2.75, 3.05) is 14.2 Å². The molecule has 2 aromatic rings. The maximum absolute atomic E-state index is 6.93. The smallest absolute Gasteiger partial charge is 0.193 e. The largest absolute Gasteiger partial charge is 0.496 e. The molecule has 0 saturated carbocycles. The lowest BCUT2D eigenvalue weighted by molar-refractivity contribution is -0.0898. The molecular formula is C24H32O3Si. The minimum Gasteiger partial charge on any atom is -0.496 e. The summed E-state index contributed by atoms with van der Waals surface area (Å²) in [6.07, 6.45) is -0.253. The molecule has 0 amide bonds. The maximum Gasteiger partial charge on any atom is 0.193 e. The zero-order valence-corrected chi connectivity index (χ0v) is 19.1. The van der Waals surface area contributed by atoms with Gasteiger partial charge in [-0.2, -0.15) is 0 Å². The molecule has 0 fully saturated rings. The minimum atomic E-state index is -2.07. The van der Waals surface area contributed by atoms with Gasteiger partial charge < -0.3 is 13.9 Å². The van der Waals surface area contributed by atoms with Gasteiger partial charge in [-0.1, -0.05) is 69.8 Å². The van der Waals surface area contributed by atoms with Gasteiger partial charge in [-0.15, -0.1) is 0 Å². The van der Waals surface area contributed by atoms with Crippen molar-refractivity contribution in [3.63, 3.8) is 0 Å². The number of ether oxygens (including phenoxy) is 2. The molecule has 0 heterocycles. The Hall–Kier alpha value is -1.88. The van der Waals surface area contributed by atoms with Crippen molar-refractivity contribution in [1.82, 2.24) is 0 Å². The van der Waals surface area contributed by atoms with E-state index in [0.717, 1.165) is 28.0 Å². The van der Waals surface area contributed by atoms with Gasteiger partial charge in [-0.25, -0.2) is 0 Å². The lowest BCUT2D eigenvalue weighted by atomic mass is 9.65. The number of methoxy groups -OCH3 is 2. The van der Waals surface area contributed by atoms with E-state index in [2.05, 4.69) is 58.6 Å². The second-order valence-corrected chi connectivity index (χ2v) is 13.7. The van der Waals surface area contributed by atoms with Crippen LogP contribution in [0.1, 0.15) is 43.6 Å². The quantitative estimate of drug-likeness (QED) is 0.534. The number of hydrogen-bond donors (Lipinski definition) is 0. The average molecular weight is 397 g/mol. The SMILES string of the molecule is C=C(c1ccccc1)[C@@]1(OC)c2cccc(OC)c2[C@@H]1O[Si](C)(C)C(C)(C)C. The van der Waals surface area contributed by atoms with E-state index in [1.807, 2.05) is 30.3 Å². The highest BCUT2D eigenvalue weighted by Gasteiger charge is 2.59. The monoisotopic (exact) mass is 396 g/mol. The molecule has 0 aromatic heterocycles. The number of benzene rings is 2. The van der Waals surface area contributed by atoms with Crippen molar-refractivity contribution < 1.29 is 13.9 Å². The van der Waals surface area contributed by atoms with Crippen LogP contribution in [0.2, 0.25) is 18.1 Å². The molecule has 4 heteroatoms. The van der Waals surface area contributed by atoms with Gasteiger partial charge in [-0.05, 0) is 35.3 Å². The van der Waals surface area contributed by atoms with E-state index in [9.17, 15) is 0 Å². The summed E-state index contributed by atoms with van der Waals surface area (Å²) in [5.74, 6) is 0.842. The Morgan fingerprint density at radius 2 is 1.64 bits per heavy atom. The van der Waals surface area contributed by atoms with Gasteiger partial charge in [0.2, 0.25) is 0 Å². The molecule has 1 aliphatic carbocycles. The van der Waals surface area contributed by atoms with Crippen LogP contribution in [0, 0.1) is 0 Å². The fourth-order valence-corrected chi connectivity index (χ4v) is 4.94. The molecule has 0 bridgehead atoms. The molecule has 2 aromatic carbocycles. The topological polar surface area (TPSA) is 27.7 Å². The van der Waals surface area contributed by atoms with Gasteiger partial charge in [0.05, 0.1) is 7.11 Å². The van der Waals surface area contributed by atoms with Crippen molar-refractivity contribution in [2.45, 2.75) is 50.6 Å². The summed E-state index contributed by atoms with van der Waals surface area (Å²) in [4.78, 5) is 0. The molecule has 3 nitrogen and oxygen atoms in total. The highest BCUT2D eigenvalue weighted by molar-refractivity contribution is 6.74. The second kappa shape index (κ2) is 7.18. The van der Waals surface area contributed by atoms with E-state index >= 15 is 0 Å². The summed E-state index contributed by atoms with van der Waals surface area (Å²) in [6.45, 7) is 15.8. The Bertz CT molecular complexity index is 867. The Morgan fingerprint density at radius 3 is 2.18 bits per heavy atom. The third-order valence-corrected chi connectivity index (χ3v) is 10.9. The van der Waals surface area contributed by atoms with Crippen LogP contribution in [-0.2, 0) is 14.8 Å². The van der Waals surface area contributed by atoms with E-state index in [4.69, 9.17) is 13.9 Å². The third-order valence-electron chi connectivity index (χ3n) is 6.43. The highest BCUT2D eigenvalue weighted by atomic mass is 28.4. The minimum absolute atomic E-state index is 0.0817. The second-order valence-electron chi connectivity index (χ2n) is 8.96. The summed E-state index contributed by atoms with van der Waals surface area (Å²) in [5.41, 5.74) is 3.41. The Balaban J connectivity index is 2.17. The van der Waals surface area contributed by atoms with Gasteiger partial charge in [0.15, 0.2) is 8.32 Å². The van der Waals surface area contributed by atoms with E-state index in [1.54, 1.807) is 14.2 Å². The molecule has 0 radical (unpaired) electrons. The molecule has 3 rings (SSSR count). The Kier molecular flexibility index (Phi) is 5.34. The molecule has 0 unspecified atom stereocenters. The Labute approximate surface area is 170 Å². The molecule has 150 valence electrons. The van der Waals surface area contributed by atoms with Crippen molar-refractivity contribution in [2.24, 2.45) is 0 Å². The van der Waals surface area contributed by atoms with Crippen LogP contribution in [-0.4, -0.2) is 22.5 Å². The fraction of sp³-hybridized carbons (Fsp3) is 0.417. The van der Waals surface area contributed by atoms with Gasteiger partial charge in [0.1, 0.15) is 17.5 Å². The first-order chi connectivity index (χ1) is 13.1. The van der Waals surface area contributed by atoms with Crippen LogP contribution in [0.25, 0.3) is 5.57 Å². The lowest BCUT2D eigenvalue weighted by Gasteiger charge is -2.54. The summed E-state index contributed by atoms with van der Waals surface area (Å²) < 4.78 is 18.8. The molecular weight excluding hydrogens is 364 g/mol. The zero-order valence-electron chi connectivity index (χ0n) is 18.1. The van der Waals surface area contributed by atoms with Gasteiger partial charge >= 0.3 is 0 Å². The lowest BCUT2D eigenvalue weighted by Crippen LogP contribution is -2.53. The maximum atomic E-state index is 6.93. The van der Waals surface area contributed by atoms with Gasteiger partial charge in [0.25, 0.3) is 0 Å². The molecule has 0 saturated heterocycles. The predicted molar refractivity (Wildman–Crippen MR) is 118 cm³/mol. The molecule has 0 aliphatic heterocycles. The molecule has 2 atom stereocenters. The summed E-state index contributed by atoms with van der Waals surface area (Å²) in [6, 6.07) is 16.3. The predicted octanol–water partition coefficient (Wildman–Crippen LogP) is 6.33. The zero-order chi connectivity index (χ0) is 20.7. The number of fused-ring (bicyclic) bond motifs is 1. The summed E-state index contributed by atoms with van der Waals surface area (Å²) in [5, 5.41) is 0.0817. The average Bonchev–Trinajstić information content (AvgIpc) is 2.66. The summed E-state index contributed by atoms with van der Waals surface area (Å²) in [7, 11) is 1.38. The summed E-state index contributed by atoms with van der Waals surface area (Å²) >= 11 is 0. The van der Waals surface area contributed by atoms with Crippen LogP contribution in [0.4, 0.5) is 0 Å². The third kappa shape index (κ3) is 3.04. The first-order valence-corrected chi connectivity index (χ1v) is 12.7. The fourth-order valence-electron chi connectivity index (χ4n) is 3.71. The van der Waals surface area contributed by atoms with E-state index in [1.165, 1.54) is 0 Å². The van der Waals surface area contributed by atoms with Crippen LogP contribution < -0.4 is 4.74 Å². The number of hydrogen-bond acceptors (Lipinski definition) is 3. The van der Waals surface area contributed by atoms with Crippen LogP contribution in [0.15, 0.2) is 55.1 Å². The van der Waals surface area contributed by atoms with E-state index < -0.39 is 13.9 Å². The molecule has 0 spiro atoms. The van der Waals surface area contributed by atoms with Gasteiger partial charge in [0, 0.05) is 18.2 Å². The van der Waals surface area contributed by atoms with E-state index in [-0.39, 0.29) is 11.1 Å². The van der Waals surface area contributed by atoms with Gasteiger partial charge in [-0.3, -0.25) is 0 Å². The molecule has 1 aliphatic rings. The van der Waals surface area contributed by atoms with Crippen LogP contribution >= 0.6 is 0 Å².